The topological polar surface area (TPSA) is 49.7 Å². The minimum atomic E-state index is -0.338. The van der Waals surface area contributed by atoms with Crippen LogP contribution in [0.2, 0.25) is 0 Å². The van der Waals surface area contributed by atoms with Crippen molar-refractivity contribution in [3.63, 3.8) is 0 Å². The van der Waals surface area contributed by atoms with Gasteiger partial charge in [-0.25, -0.2) is 0 Å². The molecule has 0 aliphatic carbocycles. The molecule has 0 aromatic rings. The largest absolute Gasteiger partial charge is 0.393 e. The Morgan fingerprint density at radius 3 is 2.60 bits per heavy atom. The Morgan fingerprint density at radius 2 is 2.07 bits per heavy atom. The van der Waals surface area contributed by atoms with Gasteiger partial charge in [0.1, 0.15) is 0 Å². The summed E-state index contributed by atoms with van der Waals surface area (Å²) in [4.78, 5) is 0. The monoisotopic (exact) mass is 216 g/mol. The molecule has 3 heteroatoms. The molecule has 0 saturated carbocycles. The summed E-state index contributed by atoms with van der Waals surface area (Å²) in [7, 11) is 0. The summed E-state index contributed by atoms with van der Waals surface area (Å²) in [6.45, 7) is 7.96. The van der Waals surface area contributed by atoms with Gasteiger partial charge in [0.15, 0.2) is 0 Å². The average molecular weight is 216 g/mol. The van der Waals surface area contributed by atoms with Gasteiger partial charge in [0.25, 0.3) is 0 Å². The zero-order valence-corrected chi connectivity index (χ0v) is 10.2. The smallest absolute Gasteiger partial charge is 0.0678 e. The van der Waals surface area contributed by atoms with Gasteiger partial charge in [0, 0.05) is 11.8 Å². The number of rotatable bonds is 3. The van der Waals surface area contributed by atoms with E-state index in [-0.39, 0.29) is 29.8 Å². The molecule has 0 spiro atoms. The van der Waals surface area contributed by atoms with Crippen LogP contribution in [-0.4, -0.2) is 34.6 Å². The van der Waals surface area contributed by atoms with Crippen LogP contribution in [0.1, 0.15) is 47.0 Å². The van der Waals surface area contributed by atoms with Crippen molar-refractivity contribution in [2.24, 2.45) is 5.41 Å². The molecule has 15 heavy (non-hydrogen) atoms. The Bertz CT molecular complexity index is 203. The van der Waals surface area contributed by atoms with Crippen LogP contribution in [0.5, 0.6) is 0 Å². The van der Waals surface area contributed by atoms with Crippen LogP contribution in [-0.2, 0) is 4.74 Å². The summed E-state index contributed by atoms with van der Waals surface area (Å²) in [5, 5.41) is 19.7. The first-order chi connectivity index (χ1) is 6.87. The first-order valence-corrected chi connectivity index (χ1v) is 5.89. The molecule has 0 aromatic heterocycles. The summed E-state index contributed by atoms with van der Waals surface area (Å²) < 4.78 is 5.82. The Kier molecular flexibility index (Phi) is 4.15. The highest BCUT2D eigenvalue weighted by Gasteiger charge is 2.43. The maximum absolute atomic E-state index is 10.0. The Morgan fingerprint density at radius 1 is 1.47 bits per heavy atom. The van der Waals surface area contributed by atoms with Gasteiger partial charge in [-0.3, -0.25) is 0 Å². The SMILES string of the molecule is CCC(O)CC1OC(C)CC(O)C1(C)C. The lowest BCUT2D eigenvalue weighted by Gasteiger charge is -2.45. The highest BCUT2D eigenvalue weighted by atomic mass is 16.5. The number of aliphatic hydroxyl groups is 2. The van der Waals surface area contributed by atoms with Crippen LogP contribution in [0.4, 0.5) is 0 Å². The van der Waals surface area contributed by atoms with Crippen molar-refractivity contribution in [3.05, 3.63) is 0 Å². The standard InChI is InChI=1S/C12H24O3/c1-5-9(13)7-11-12(3,4)10(14)6-8(2)15-11/h8-11,13-14H,5-7H2,1-4H3. The molecule has 0 radical (unpaired) electrons. The van der Waals surface area contributed by atoms with Crippen LogP contribution in [0, 0.1) is 5.41 Å². The number of ether oxygens (including phenoxy) is 1. The van der Waals surface area contributed by atoms with Gasteiger partial charge in [-0.15, -0.1) is 0 Å². The lowest BCUT2D eigenvalue weighted by molar-refractivity contribution is -0.177. The highest BCUT2D eigenvalue weighted by molar-refractivity contribution is 4.92. The minimum Gasteiger partial charge on any atom is -0.393 e. The van der Waals surface area contributed by atoms with Crippen LogP contribution in [0.3, 0.4) is 0 Å². The molecule has 1 heterocycles. The van der Waals surface area contributed by atoms with E-state index in [4.69, 9.17) is 4.74 Å². The predicted molar refractivity (Wildman–Crippen MR) is 59.7 cm³/mol. The van der Waals surface area contributed by atoms with E-state index in [0.717, 1.165) is 6.42 Å². The molecule has 1 aliphatic rings. The summed E-state index contributed by atoms with van der Waals surface area (Å²) in [5.74, 6) is 0. The molecule has 90 valence electrons. The van der Waals surface area contributed by atoms with Crippen molar-refractivity contribution < 1.29 is 14.9 Å². The number of hydrogen-bond acceptors (Lipinski definition) is 3. The molecule has 2 N–H and O–H groups in total. The number of hydrogen-bond donors (Lipinski definition) is 2. The van der Waals surface area contributed by atoms with Gasteiger partial charge in [-0.1, -0.05) is 20.8 Å². The van der Waals surface area contributed by atoms with Gasteiger partial charge in [0.2, 0.25) is 0 Å². The van der Waals surface area contributed by atoms with Crippen molar-refractivity contribution in [1.82, 2.24) is 0 Å². The zero-order chi connectivity index (χ0) is 11.6. The fourth-order valence-corrected chi connectivity index (χ4v) is 2.12. The van der Waals surface area contributed by atoms with Gasteiger partial charge < -0.3 is 14.9 Å². The maximum Gasteiger partial charge on any atom is 0.0678 e. The second-order valence-corrected chi connectivity index (χ2v) is 5.31. The van der Waals surface area contributed by atoms with E-state index in [1.165, 1.54) is 0 Å². The molecular formula is C12H24O3. The van der Waals surface area contributed by atoms with E-state index < -0.39 is 0 Å². The summed E-state index contributed by atoms with van der Waals surface area (Å²) in [6.07, 6.45) is 1.41. The van der Waals surface area contributed by atoms with Gasteiger partial charge >= 0.3 is 0 Å². The molecule has 0 bridgehead atoms. The maximum atomic E-state index is 10.0. The van der Waals surface area contributed by atoms with E-state index in [1.807, 2.05) is 27.7 Å². The molecule has 4 unspecified atom stereocenters. The fourth-order valence-electron chi connectivity index (χ4n) is 2.12. The van der Waals surface area contributed by atoms with E-state index in [9.17, 15) is 10.2 Å². The third-order valence-electron chi connectivity index (χ3n) is 3.60. The molecule has 0 amide bonds. The molecule has 4 atom stereocenters. The summed E-state index contributed by atoms with van der Waals surface area (Å²) in [6, 6.07) is 0. The highest BCUT2D eigenvalue weighted by Crippen LogP contribution is 2.38. The average Bonchev–Trinajstić information content (AvgIpc) is 2.14. The van der Waals surface area contributed by atoms with E-state index in [1.54, 1.807) is 0 Å². The molecule has 1 fully saturated rings. The lowest BCUT2D eigenvalue weighted by atomic mass is 9.74. The molecule has 0 aromatic carbocycles. The molecule has 1 saturated heterocycles. The zero-order valence-electron chi connectivity index (χ0n) is 10.2. The first kappa shape index (κ1) is 12.9. The molecular weight excluding hydrogens is 192 g/mol. The second kappa shape index (κ2) is 4.81. The van der Waals surface area contributed by atoms with E-state index in [0.29, 0.717) is 12.8 Å². The third-order valence-corrected chi connectivity index (χ3v) is 3.60. The van der Waals surface area contributed by atoms with Crippen LogP contribution in [0.25, 0.3) is 0 Å². The molecule has 1 rings (SSSR count). The van der Waals surface area contributed by atoms with Crippen LogP contribution in [0.15, 0.2) is 0 Å². The Balaban J connectivity index is 2.66. The van der Waals surface area contributed by atoms with Crippen LogP contribution < -0.4 is 0 Å². The van der Waals surface area contributed by atoms with Gasteiger partial charge in [-0.2, -0.15) is 0 Å². The van der Waals surface area contributed by atoms with Crippen LogP contribution >= 0.6 is 0 Å². The van der Waals surface area contributed by atoms with Crippen molar-refractivity contribution in [1.29, 1.82) is 0 Å². The Hall–Kier alpha value is -0.120. The molecule has 3 nitrogen and oxygen atoms in total. The van der Waals surface area contributed by atoms with E-state index in [2.05, 4.69) is 0 Å². The molecule has 1 aliphatic heterocycles. The number of aliphatic hydroxyl groups excluding tert-OH is 2. The summed E-state index contributed by atoms with van der Waals surface area (Å²) in [5.41, 5.74) is -0.261. The minimum absolute atomic E-state index is 0.0498. The third kappa shape index (κ3) is 2.92. The normalized spacial score (nSPS) is 37.6. The van der Waals surface area contributed by atoms with Crippen molar-refractivity contribution >= 4 is 0 Å². The van der Waals surface area contributed by atoms with E-state index >= 15 is 0 Å². The van der Waals surface area contributed by atoms with Gasteiger partial charge in [-0.05, 0) is 19.8 Å². The Labute approximate surface area is 92.4 Å². The van der Waals surface area contributed by atoms with Crippen molar-refractivity contribution in [2.75, 3.05) is 0 Å². The predicted octanol–water partition coefficient (Wildman–Crippen LogP) is 1.71. The summed E-state index contributed by atoms with van der Waals surface area (Å²) >= 11 is 0. The van der Waals surface area contributed by atoms with Crippen molar-refractivity contribution in [3.8, 4) is 0 Å². The van der Waals surface area contributed by atoms with Crippen molar-refractivity contribution in [2.45, 2.75) is 71.4 Å². The van der Waals surface area contributed by atoms with Gasteiger partial charge in [0.05, 0.1) is 24.4 Å². The fraction of sp³-hybridized carbons (Fsp3) is 1.00. The second-order valence-electron chi connectivity index (χ2n) is 5.31. The lowest BCUT2D eigenvalue weighted by Crippen LogP contribution is -2.50. The first-order valence-electron chi connectivity index (χ1n) is 5.89. The quantitative estimate of drug-likeness (QED) is 0.755.